The van der Waals surface area contributed by atoms with Gasteiger partial charge in [-0.25, -0.2) is 4.39 Å². The second kappa shape index (κ2) is 5.80. The molecule has 6 heteroatoms. The van der Waals surface area contributed by atoms with Crippen molar-refractivity contribution < 1.29 is 13.7 Å². The molecule has 0 radical (unpaired) electrons. The van der Waals surface area contributed by atoms with Crippen molar-refractivity contribution in [3.8, 4) is 11.8 Å². The number of carbonyl (C=O) groups is 1. The highest BCUT2D eigenvalue weighted by Crippen LogP contribution is 2.14. The summed E-state index contributed by atoms with van der Waals surface area (Å²) in [6.45, 7) is 0.156. The van der Waals surface area contributed by atoms with Crippen LogP contribution in [0, 0.1) is 17.7 Å². The Morgan fingerprint density at radius 2 is 2.32 bits per heavy atom. The van der Waals surface area contributed by atoms with Crippen molar-refractivity contribution in [1.29, 1.82) is 0 Å². The zero-order valence-corrected chi connectivity index (χ0v) is 9.81. The maximum absolute atomic E-state index is 13.6. The number of nitrogens with zero attached hydrogens (tertiary/aromatic N) is 1. The fraction of sp³-hybridized carbons (Fsp3) is 0.0769. The number of anilines is 1. The van der Waals surface area contributed by atoms with E-state index in [-0.39, 0.29) is 17.9 Å². The third-order valence-corrected chi connectivity index (χ3v) is 2.21. The van der Waals surface area contributed by atoms with Gasteiger partial charge in [0.1, 0.15) is 5.82 Å². The molecule has 19 heavy (non-hydrogen) atoms. The van der Waals surface area contributed by atoms with Gasteiger partial charge in [0, 0.05) is 11.8 Å². The highest BCUT2D eigenvalue weighted by molar-refractivity contribution is 6.02. The molecule has 0 spiro atoms. The van der Waals surface area contributed by atoms with Crippen molar-refractivity contribution in [3.05, 3.63) is 47.6 Å². The monoisotopic (exact) mass is 259 g/mol. The molecule has 0 saturated carbocycles. The Morgan fingerprint density at radius 3 is 2.95 bits per heavy atom. The molecule has 0 saturated heterocycles. The predicted molar refractivity (Wildman–Crippen MR) is 66.8 cm³/mol. The van der Waals surface area contributed by atoms with E-state index in [1.807, 2.05) is 0 Å². The summed E-state index contributed by atoms with van der Waals surface area (Å²) in [5.41, 5.74) is 5.74. The smallest absolute Gasteiger partial charge is 0.294 e. The van der Waals surface area contributed by atoms with E-state index in [2.05, 4.69) is 26.8 Å². The largest absolute Gasteiger partial charge is 0.351 e. The summed E-state index contributed by atoms with van der Waals surface area (Å²) >= 11 is 0. The molecule has 0 unspecified atom stereocenters. The van der Waals surface area contributed by atoms with Crippen molar-refractivity contribution in [2.24, 2.45) is 5.73 Å². The van der Waals surface area contributed by atoms with Crippen LogP contribution in [0.25, 0.3) is 0 Å². The topological polar surface area (TPSA) is 81.1 Å². The van der Waals surface area contributed by atoms with E-state index >= 15 is 0 Å². The Hall–Kier alpha value is -2.65. The van der Waals surface area contributed by atoms with Crippen LogP contribution in [0.5, 0.6) is 0 Å². The van der Waals surface area contributed by atoms with Crippen molar-refractivity contribution in [2.45, 2.75) is 0 Å². The maximum Gasteiger partial charge on any atom is 0.294 e. The van der Waals surface area contributed by atoms with Crippen molar-refractivity contribution in [1.82, 2.24) is 5.16 Å². The standard InChI is InChI=1S/C13H10FN3O2/c14-11-8-10(4-3-9(11)2-1-6-15)17-13(18)12-5-7-16-19-12/h3-5,7-8H,6,15H2,(H,17,18). The average molecular weight is 259 g/mol. The minimum Gasteiger partial charge on any atom is -0.351 e. The number of nitrogens with one attached hydrogen (secondary N) is 1. The third kappa shape index (κ3) is 3.18. The Balaban J connectivity index is 2.14. The quantitative estimate of drug-likeness (QED) is 0.798. The molecule has 0 aliphatic carbocycles. The summed E-state index contributed by atoms with van der Waals surface area (Å²) in [6.07, 6.45) is 1.35. The normalized spacial score (nSPS) is 9.58. The number of nitrogens with two attached hydrogens (primary N) is 1. The van der Waals surface area contributed by atoms with Crippen molar-refractivity contribution >= 4 is 11.6 Å². The number of benzene rings is 1. The molecule has 1 aromatic heterocycles. The summed E-state index contributed by atoms with van der Waals surface area (Å²) < 4.78 is 18.3. The molecule has 0 bridgehead atoms. The first kappa shape index (κ1) is 12.8. The van der Waals surface area contributed by atoms with Crippen LogP contribution in [0.15, 0.2) is 35.0 Å². The fourth-order valence-corrected chi connectivity index (χ4v) is 1.37. The Morgan fingerprint density at radius 1 is 1.47 bits per heavy atom. The molecule has 96 valence electrons. The molecule has 0 fully saturated rings. The van der Waals surface area contributed by atoms with E-state index in [4.69, 9.17) is 5.73 Å². The number of hydrogen-bond donors (Lipinski definition) is 2. The fourth-order valence-electron chi connectivity index (χ4n) is 1.37. The second-order valence-corrected chi connectivity index (χ2v) is 3.53. The minimum atomic E-state index is -0.531. The van der Waals surface area contributed by atoms with Crippen molar-refractivity contribution in [2.75, 3.05) is 11.9 Å². The summed E-state index contributed by atoms with van der Waals surface area (Å²) in [6, 6.07) is 5.59. The number of rotatable bonds is 2. The van der Waals surface area contributed by atoms with E-state index in [1.54, 1.807) is 0 Å². The Bertz CT molecular complexity index is 642. The predicted octanol–water partition coefficient (Wildman–Crippen LogP) is 1.38. The molecule has 1 amide bonds. The van der Waals surface area contributed by atoms with Gasteiger partial charge < -0.3 is 15.6 Å². The lowest BCUT2D eigenvalue weighted by Crippen LogP contribution is -2.11. The molecule has 2 aromatic rings. The minimum absolute atomic E-state index is 0.0485. The maximum atomic E-state index is 13.6. The van der Waals surface area contributed by atoms with Crippen LogP contribution in [-0.4, -0.2) is 17.6 Å². The zero-order chi connectivity index (χ0) is 13.7. The molecule has 2 rings (SSSR count). The summed E-state index contributed by atoms with van der Waals surface area (Å²) in [5, 5.41) is 5.89. The lowest BCUT2D eigenvalue weighted by molar-refractivity contribution is 0.0988. The zero-order valence-electron chi connectivity index (χ0n) is 9.81. The van der Waals surface area contributed by atoms with Gasteiger partial charge in [-0.05, 0) is 18.2 Å². The van der Waals surface area contributed by atoms with E-state index in [0.717, 1.165) is 0 Å². The molecule has 3 N–H and O–H groups in total. The first-order valence-corrected chi connectivity index (χ1v) is 5.41. The molecule has 1 heterocycles. The molecule has 0 aliphatic rings. The second-order valence-electron chi connectivity index (χ2n) is 3.53. The molecule has 1 aromatic carbocycles. The van der Waals surface area contributed by atoms with E-state index in [1.165, 1.54) is 30.5 Å². The van der Waals surface area contributed by atoms with Crippen LogP contribution in [0.4, 0.5) is 10.1 Å². The lowest BCUT2D eigenvalue weighted by atomic mass is 10.2. The highest BCUT2D eigenvalue weighted by Gasteiger charge is 2.10. The van der Waals surface area contributed by atoms with Crippen LogP contribution >= 0.6 is 0 Å². The molecule has 5 nitrogen and oxygen atoms in total. The SMILES string of the molecule is NCC#Cc1ccc(NC(=O)c2ccno2)cc1F. The number of aromatic nitrogens is 1. The van der Waals surface area contributed by atoms with Gasteiger partial charge in [-0.1, -0.05) is 17.0 Å². The van der Waals surface area contributed by atoms with Crippen LogP contribution in [-0.2, 0) is 0 Å². The number of hydrogen-bond acceptors (Lipinski definition) is 4. The first-order chi connectivity index (χ1) is 9.20. The summed E-state index contributed by atoms with van der Waals surface area (Å²) in [7, 11) is 0. The molecular weight excluding hydrogens is 249 g/mol. The summed E-state index contributed by atoms with van der Waals surface area (Å²) in [5.74, 6) is 4.16. The highest BCUT2D eigenvalue weighted by atomic mass is 19.1. The third-order valence-electron chi connectivity index (χ3n) is 2.21. The van der Waals surface area contributed by atoms with Gasteiger partial charge in [0.15, 0.2) is 0 Å². The number of amides is 1. The Kier molecular flexibility index (Phi) is 3.90. The van der Waals surface area contributed by atoms with Crippen molar-refractivity contribution in [3.63, 3.8) is 0 Å². The average Bonchev–Trinajstić information content (AvgIpc) is 2.92. The van der Waals surface area contributed by atoms with Crippen LogP contribution in [0.1, 0.15) is 16.1 Å². The van der Waals surface area contributed by atoms with Gasteiger partial charge in [-0.2, -0.15) is 0 Å². The van der Waals surface area contributed by atoms with Gasteiger partial charge >= 0.3 is 0 Å². The van der Waals surface area contributed by atoms with Gasteiger partial charge in [-0.15, -0.1) is 0 Å². The Labute approximate surface area is 108 Å². The lowest BCUT2D eigenvalue weighted by Gasteiger charge is -2.03. The molecule has 0 aliphatic heterocycles. The van der Waals surface area contributed by atoms with E-state index in [9.17, 15) is 9.18 Å². The number of halogens is 1. The van der Waals surface area contributed by atoms with Gasteiger partial charge in [-0.3, -0.25) is 4.79 Å². The molecule has 0 atom stereocenters. The number of carbonyl (C=O) groups excluding carboxylic acids is 1. The first-order valence-electron chi connectivity index (χ1n) is 5.41. The van der Waals surface area contributed by atoms with E-state index < -0.39 is 11.7 Å². The van der Waals surface area contributed by atoms with Crippen LogP contribution < -0.4 is 11.1 Å². The van der Waals surface area contributed by atoms with Gasteiger partial charge in [0.2, 0.25) is 5.76 Å². The molecular formula is C13H10FN3O2. The van der Waals surface area contributed by atoms with Gasteiger partial charge in [0.05, 0.1) is 18.3 Å². The van der Waals surface area contributed by atoms with Crippen LogP contribution in [0.3, 0.4) is 0 Å². The summed E-state index contributed by atoms with van der Waals surface area (Å²) in [4.78, 5) is 11.6. The van der Waals surface area contributed by atoms with E-state index in [0.29, 0.717) is 5.69 Å². The van der Waals surface area contributed by atoms with Crippen LogP contribution in [0.2, 0.25) is 0 Å². The van der Waals surface area contributed by atoms with Gasteiger partial charge in [0.25, 0.3) is 5.91 Å².